The third kappa shape index (κ3) is 4.69. The topological polar surface area (TPSA) is 88.1 Å². The first-order valence-electron chi connectivity index (χ1n) is 8.95. The molecule has 0 aliphatic carbocycles. The number of ether oxygens (including phenoxy) is 1. The van der Waals surface area contributed by atoms with Crippen LogP contribution in [0, 0.1) is 0 Å². The quantitative estimate of drug-likeness (QED) is 0.805. The van der Waals surface area contributed by atoms with Crippen LogP contribution in [0.1, 0.15) is 37.4 Å². The molecule has 1 atom stereocenters. The Morgan fingerprint density at radius 3 is 2.68 bits per heavy atom. The Hall–Kier alpha value is -2.87. The molecule has 2 aromatic rings. The summed E-state index contributed by atoms with van der Waals surface area (Å²) in [6.07, 6.45) is 1.63. The molecule has 0 saturated carbocycles. The molecule has 1 heterocycles. The first-order chi connectivity index (χ1) is 13.3. The van der Waals surface area contributed by atoms with Crippen molar-refractivity contribution in [1.82, 2.24) is 5.01 Å². The van der Waals surface area contributed by atoms with E-state index in [2.05, 4.69) is 9.82 Å². The van der Waals surface area contributed by atoms with E-state index in [1.54, 1.807) is 18.2 Å². The summed E-state index contributed by atoms with van der Waals surface area (Å²) in [5, 5.41) is 5.98. The number of carbonyl (C=O) groups is 1. The van der Waals surface area contributed by atoms with Gasteiger partial charge in [0.05, 0.1) is 24.6 Å². The van der Waals surface area contributed by atoms with Crippen LogP contribution in [-0.4, -0.2) is 37.9 Å². The molecule has 3 rings (SSSR count). The number of benzene rings is 2. The van der Waals surface area contributed by atoms with Crippen LogP contribution in [-0.2, 0) is 14.8 Å². The average Bonchev–Trinajstić information content (AvgIpc) is 3.07. The fraction of sp³-hybridized carbons (Fsp3) is 0.300. The zero-order valence-corrected chi connectivity index (χ0v) is 16.9. The number of hydrazone groups is 1. The Kier molecular flexibility index (Phi) is 5.69. The van der Waals surface area contributed by atoms with Crippen LogP contribution in [0.5, 0.6) is 5.75 Å². The number of nitrogens with zero attached hydrogens (tertiary/aromatic N) is 2. The third-order valence-electron chi connectivity index (χ3n) is 4.29. The predicted molar refractivity (Wildman–Crippen MR) is 109 cm³/mol. The Labute approximate surface area is 165 Å². The van der Waals surface area contributed by atoms with Crippen molar-refractivity contribution in [3.8, 4) is 5.75 Å². The molecule has 1 N–H and O–H groups in total. The van der Waals surface area contributed by atoms with E-state index in [0.29, 0.717) is 18.7 Å². The summed E-state index contributed by atoms with van der Waals surface area (Å²) >= 11 is 0. The van der Waals surface area contributed by atoms with Gasteiger partial charge in [0, 0.05) is 19.0 Å². The maximum Gasteiger partial charge on any atom is 0.240 e. The van der Waals surface area contributed by atoms with Crippen LogP contribution in [0.25, 0.3) is 0 Å². The summed E-state index contributed by atoms with van der Waals surface area (Å²) in [7, 11) is -3.37. The molecule has 0 saturated heterocycles. The van der Waals surface area contributed by atoms with Gasteiger partial charge in [-0.2, -0.15) is 5.10 Å². The van der Waals surface area contributed by atoms with Crippen molar-refractivity contribution < 1.29 is 17.9 Å². The molecule has 0 bridgehead atoms. The molecule has 28 heavy (non-hydrogen) atoms. The highest BCUT2D eigenvalue weighted by atomic mass is 32.2. The number of carbonyl (C=O) groups excluding carboxylic acids is 1. The Bertz CT molecular complexity index is 1020. The van der Waals surface area contributed by atoms with E-state index in [1.807, 2.05) is 37.3 Å². The minimum Gasteiger partial charge on any atom is -0.494 e. The summed E-state index contributed by atoms with van der Waals surface area (Å²) in [6, 6.07) is 14.4. The molecule has 8 heteroatoms. The number of rotatable bonds is 6. The van der Waals surface area contributed by atoms with Crippen molar-refractivity contribution in [3.63, 3.8) is 0 Å². The predicted octanol–water partition coefficient (Wildman–Crippen LogP) is 3.15. The summed E-state index contributed by atoms with van der Waals surface area (Å²) in [5.41, 5.74) is 2.88. The maximum absolute atomic E-state index is 12.2. The van der Waals surface area contributed by atoms with Crippen LogP contribution in [0.3, 0.4) is 0 Å². The zero-order valence-electron chi connectivity index (χ0n) is 16.0. The number of sulfonamides is 1. The average molecular weight is 401 g/mol. The highest BCUT2D eigenvalue weighted by molar-refractivity contribution is 7.92. The van der Waals surface area contributed by atoms with Gasteiger partial charge in [0.15, 0.2) is 0 Å². The van der Waals surface area contributed by atoms with Crippen molar-refractivity contribution >= 4 is 27.3 Å². The highest BCUT2D eigenvalue weighted by Gasteiger charge is 2.31. The van der Waals surface area contributed by atoms with Gasteiger partial charge >= 0.3 is 0 Å². The van der Waals surface area contributed by atoms with Crippen LogP contribution >= 0.6 is 0 Å². The van der Waals surface area contributed by atoms with E-state index in [4.69, 9.17) is 4.74 Å². The molecular formula is C20H23N3O4S. The van der Waals surface area contributed by atoms with Gasteiger partial charge in [-0.05, 0) is 42.3 Å². The summed E-state index contributed by atoms with van der Waals surface area (Å²) in [4.78, 5) is 12.2. The first kappa shape index (κ1) is 19.9. The second kappa shape index (κ2) is 8.02. The van der Waals surface area contributed by atoms with Crippen molar-refractivity contribution in [2.45, 2.75) is 26.3 Å². The largest absolute Gasteiger partial charge is 0.494 e. The summed E-state index contributed by atoms with van der Waals surface area (Å²) in [6.45, 7) is 3.96. The fourth-order valence-electron chi connectivity index (χ4n) is 3.19. The normalized spacial score (nSPS) is 16.6. The van der Waals surface area contributed by atoms with Crippen LogP contribution in [0.15, 0.2) is 53.6 Å². The highest BCUT2D eigenvalue weighted by Crippen LogP contribution is 2.34. The summed E-state index contributed by atoms with van der Waals surface area (Å²) < 4.78 is 31.0. The van der Waals surface area contributed by atoms with Crippen LogP contribution in [0.2, 0.25) is 0 Å². The summed E-state index contributed by atoms with van der Waals surface area (Å²) in [5.74, 6) is 0.587. The minimum atomic E-state index is -3.37. The van der Waals surface area contributed by atoms with Crippen LogP contribution in [0.4, 0.5) is 5.69 Å². The van der Waals surface area contributed by atoms with E-state index in [-0.39, 0.29) is 11.9 Å². The van der Waals surface area contributed by atoms with Crippen molar-refractivity contribution in [3.05, 3.63) is 59.7 Å². The molecule has 0 spiro atoms. The molecule has 1 amide bonds. The van der Waals surface area contributed by atoms with Gasteiger partial charge in [-0.15, -0.1) is 0 Å². The molecule has 0 unspecified atom stereocenters. The van der Waals surface area contributed by atoms with Gasteiger partial charge in [0.2, 0.25) is 15.9 Å². The molecule has 1 aliphatic rings. The smallest absolute Gasteiger partial charge is 0.240 e. The first-order valence-corrected chi connectivity index (χ1v) is 10.8. The lowest BCUT2D eigenvalue weighted by molar-refractivity contribution is -0.130. The lowest BCUT2D eigenvalue weighted by atomic mass is 9.98. The van der Waals surface area contributed by atoms with Crippen molar-refractivity contribution in [2.24, 2.45) is 5.10 Å². The van der Waals surface area contributed by atoms with E-state index in [0.717, 1.165) is 28.8 Å². The monoisotopic (exact) mass is 401 g/mol. The van der Waals surface area contributed by atoms with Crippen molar-refractivity contribution in [2.75, 3.05) is 17.6 Å². The second-order valence-corrected chi connectivity index (χ2v) is 8.34. The van der Waals surface area contributed by atoms with E-state index in [9.17, 15) is 13.2 Å². The zero-order chi connectivity index (χ0) is 20.3. The molecule has 1 aliphatic heterocycles. The van der Waals surface area contributed by atoms with Gasteiger partial charge in [0.1, 0.15) is 5.75 Å². The minimum absolute atomic E-state index is 0.160. The number of hydrogen-bond donors (Lipinski definition) is 1. The molecule has 0 fully saturated rings. The number of hydrogen-bond acceptors (Lipinski definition) is 5. The Morgan fingerprint density at radius 1 is 1.25 bits per heavy atom. The molecule has 2 aromatic carbocycles. The van der Waals surface area contributed by atoms with Gasteiger partial charge in [0.25, 0.3) is 0 Å². The second-order valence-electron chi connectivity index (χ2n) is 6.59. The number of amides is 1. The Morgan fingerprint density at radius 2 is 2.00 bits per heavy atom. The number of anilines is 1. The van der Waals surface area contributed by atoms with Crippen LogP contribution < -0.4 is 9.46 Å². The SMILES string of the molecule is CCOc1cccc([C@@H]2CC(c3cccc(NS(C)(=O)=O)c3)=NN2C(C)=O)c1. The Balaban J connectivity index is 1.91. The number of nitrogens with one attached hydrogen (secondary N) is 1. The van der Waals surface area contributed by atoms with Gasteiger partial charge in [-0.1, -0.05) is 24.3 Å². The van der Waals surface area contributed by atoms with E-state index < -0.39 is 10.0 Å². The van der Waals surface area contributed by atoms with Gasteiger partial charge in [-0.25, -0.2) is 13.4 Å². The molecule has 148 valence electrons. The van der Waals surface area contributed by atoms with Gasteiger partial charge < -0.3 is 4.74 Å². The van der Waals surface area contributed by atoms with E-state index >= 15 is 0 Å². The standard InChI is InChI=1S/C20H23N3O4S/c1-4-27-18-10-6-8-16(12-18)20-13-19(21-23(20)14(2)24)15-7-5-9-17(11-15)22-28(3,25)26/h5-12,20,22H,4,13H2,1-3H3/t20-/m0/s1. The maximum atomic E-state index is 12.2. The molecule has 0 aromatic heterocycles. The molecular weight excluding hydrogens is 378 g/mol. The molecule has 7 nitrogen and oxygen atoms in total. The van der Waals surface area contributed by atoms with Crippen molar-refractivity contribution in [1.29, 1.82) is 0 Å². The lowest BCUT2D eigenvalue weighted by Crippen LogP contribution is -2.24. The third-order valence-corrected chi connectivity index (χ3v) is 4.89. The van der Waals surface area contributed by atoms with E-state index in [1.165, 1.54) is 11.9 Å². The molecule has 0 radical (unpaired) electrons. The lowest BCUT2D eigenvalue weighted by Gasteiger charge is -2.21. The van der Waals surface area contributed by atoms with Gasteiger partial charge in [-0.3, -0.25) is 9.52 Å². The fourth-order valence-corrected chi connectivity index (χ4v) is 3.74.